The van der Waals surface area contributed by atoms with Gasteiger partial charge in [-0.1, -0.05) is 0 Å². The van der Waals surface area contributed by atoms with Gasteiger partial charge in [-0.05, 0) is 28.9 Å². The molecular formula is C9H7BrFN3S. The van der Waals surface area contributed by atoms with Gasteiger partial charge in [0, 0.05) is 21.7 Å². The maximum absolute atomic E-state index is 13.4. The number of hydrogen-bond acceptors (Lipinski definition) is 4. The molecule has 0 spiro atoms. The van der Waals surface area contributed by atoms with Crippen molar-refractivity contribution in [2.45, 2.75) is 6.92 Å². The van der Waals surface area contributed by atoms with Crippen LogP contribution < -0.4 is 5.32 Å². The molecule has 0 unspecified atom stereocenters. The molecule has 2 heterocycles. The number of hydrogen-bond donors (Lipinski definition) is 1. The number of anilines is 2. The molecule has 78 valence electrons. The fourth-order valence-electron chi connectivity index (χ4n) is 1.02. The van der Waals surface area contributed by atoms with Gasteiger partial charge in [0.1, 0.15) is 0 Å². The SMILES string of the molecule is Cc1cnc(Nc2ncc(Br)cc2F)s1. The molecule has 2 rings (SSSR count). The lowest BCUT2D eigenvalue weighted by molar-refractivity contribution is 0.625. The molecule has 0 saturated heterocycles. The molecule has 2 aromatic heterocycles. The third-order valence-corrected chi connectivity index (χ3v) is 2.92. The molecule has 6 heteroatoms. The van der Waals surface area contributed by atoms with Crippen molar-refractivity contribution in [2.24, 2.45) is 0 Å². The van der Waals surface area contributed by atoms with Gasteiger partial charge in [-0.15, -0.1) is 11.3 Å². The first-order valence-corrected chi connectivity index (χ1v) is 5.76. The van der Waals surface area contributed by atoms with Crippen LogP contribution in [0.2, 0.25) is 0 Å². The molecule has 0 fully saturated rings. The van der Waals surface area contributed by atoms with Crippen molar-refractivity contribution in [3.8, 4) is 0 Å². The Balaban J connectivity index is 2.24. The van der Waals surface area contributed by atoms with Crippen LogP contribution in [0.3, 0.4) is 0 Å². The van der Waals surface area contributed by atoms with Crippen LogP contribution in [0.1, 0.15) is 4.88 Å². The van der Waals surface area contributed by atoms with E-state index in [0.717, 1.165) is 4.88 Å². The lowest BCUT2D eigenvalue weighted by atomic mass is 10.4. The molecule has 0 aliphatic carbocycles. The van der Waals surface area contributed by atoms with Crippen molar-refractivity contribution >= 4 is 38.2 Å². The molecule has 1 N–H and O–H groups in total. The van der Waals surface area contributed by atoms with Crippen molar-refractivity contribution in [3.05, 3.63) is 33.6 Å². The second-order valence-corrected chi connectivity index (χ2v) is 5.04. The van der Waals surface area contributed by atoms with E-state index in [1.807, 2.05) is 6.92 Å². The number of rotatable bonds is 2. The molecule has 0 amide bonds. The van der Waals surface area contributed by atoms with Gasteiger partial charge in [0.25, 0.3) is 0 Å². The van der Waals surface area contributed by atoms with E-state index in [4.69, 9.17) is 0 Å². The maximum atomic E-state index is 13.4. The number of aryl methyl sites for hydroxylation is 1. The molecule has 3 nitrogen and oxygen atoms in total. The summed E-state index contributed by atoms with van der Waals surface area (Å²) in [7, 11) is 0. The van der Waals surface area contributed by atoms with Gasteiger partial charge in [0.05, 0.1) is 0 Å². The average Bonchev–Trinajstić information content (AvgIpc) is 2.56. The van der Waals surface area contributed by atoms with Crippen molar-refractivity contribution in [1.29, 1.82) is 0 Å². The van der Waals surface area contributed by atoms with Crippen LogP contribution in [0.4, 0.5) is 15.3 Å². The molecule has 0 aliphatic heterocycles. The van der Waals surface area contributed by atoms with E-state index in [9.17, 15) is 4.39 Å². The van der Waals surface area contributed by atoms with Gasteiger partial charge >= 0.3 is 0 Å². The smallest absolute Gasteiger partial charge is 0.188 e. The molecule has 0 aliphatic rings. The van der Waals surface area contributed by atoms with Gasteiger partial charge in [-0.2, -0.15) is 0 Å². The summed E-state index contributed by atoms with van der Waals surface area (Å²) in [5.41, 5.74) is 0. The van der Waals surface area contributed by atoms with E-state index in [1.165, 1.54) is 23.6 Å². The Labute approximate surface area is 98.5 Å². The summed E-state index contributed by atoms with van der Waals surface area (Å²) in [5, 5.41) is 3.46. The minimum atomic E-state index is -0.405. The highest BCUT2D eigenvalue weighted by Gasteiger charge is 2.06. The normalized spacial score (nSPS) is 10.3. The quantitative estimate of drug-likeness (QED) is 0.919. The van der Waals surface area contributed by atoms with Gasteiger partial charge in [-0.3, -0.25) is 0 Å². The number of aromatic nitrogens is 2. The summed E-state index contributed by atoms with van der Waals surface area (Å²) in [6.45, 7) is 1.94. The van der Waals surface area contributed by atoms with E-state index in [0.29, 0.717) is 9.60 Å². The number of thiazole rings is 1. The zero-order valence-electron chi connectivity index (χ0n) is 7.79. The van der Waals surface area contributed by atoms with Crippen LogP contribution in [-0.4, -0.2) is 9.97 Å². The molecular weight excluding hydrogens is 281 g/mol. The molecule has 0 atom stereocenters. The van der Waals surface area contributed by atoms with Crippen molar-refractivity contribution < 1.29 is 4.39 Å². The number of nitrogens with one attached hydrogen (secondary N) is 1. The van der Waals surface area contributed by atoms with Gasteiger partial charge < -0.3 is 5.32 Å². The van der Waals surface area contributed by atoms with Gasteiger partial charge in [0.2, 0.25) is 0 Å². The highest BCUT2D eigenvalue weighted by atomic mass is 79.9. The standard InChI is InChI=1S/C9H7BrFN3S/c1-5-3-13-9(15-5)14-8-7(11)2-6(10)4-12-8/h2-4H,1H3,(H,12,13,14). The second-order valence-electron chi connectivity index (χ2n) is 2.89. The van der Waals surface area contributed by atoms with Crippen molar-refractivity contribution in [1.82, 2.24) is 9.97 Å². The fraction of sp³-hybridized carbons (Fsp3) is 0.111. The van der Waals surface area contributed by atoms with E-state index in [-0.39, 0.29) is 5.82 Å². The topological polar surface area (TPSA) is 37.8 Å². The first-order chi connectivity index (χ1) is 7.15. The Morgan fingerprint density at radius 2 is 2.20 bits per heavy atom. The van der Waals surface area contributed by atoms with Gasteiger partial charge in [0.15, 0.2) is 16.8 Å². The Kier molecular flexibility index (Phi) is 2.97. The predicted molar refractivity (Wildman–Crippen MR) is 62.0 cm³/mol. The number of pyridine rings is 1. The van der Waals surface area contributed by atoms with Crippen LogP contribution in [-0.2, 0) is 0 Å². The van der Waals surface area contributed by atoms with Crippen LogP contribution >= 0.6 is 27.3 Å². The van der Waals surface area contributed by atoms with Crippen LogP contribution in [0, 0.1) is 12.7 Å². The highest BCUT2D eigenvalue weighted by molar-refractivity contribution is 9.10. The first-order valence-electron chi connectivity index (χ1n) is 4.15. The van der Waals surface area contributed by atoms with Crippen LogP contribution in [0.5, 0.6) is 0 Å². The molecule has 0 radical (unpaired) electrons. The van der Waals surface area contributed by atoms with E-state index < -0.39 is 5.82 Å². The van der Waals surface area contributed by atoms with Crippen LogP contribution in [0.25, 0.3) is 0 Å². The third kappa shape index (κ3) is 2.51. The fourth-order valence-corrected chi connectivity index (χ4v) is 1.99. The lowest BCUT2D eigenvalue weighted by Gasteiger charge is -2.02. The van der Waals surface area contributed by atoms with E-state index >= 15 is 0 Å². The molecule has 0 bridgehead atoms. The second kappa shape index (κ2) is 4.24. The Morgan fingerprint density at radius 3 is 2.80 bits per heavy atom. The number of nitrogens with zero attached hydrogens (tertiary/aromatic N) is 2. The molecule has 0 saturated carbocycles. The summed E-state index contributed by atoms with van der Waals surface area (Å²) in [6, 6.07) is 1.36. The monoisotopic (exact) mass is 287 g/mol. The highest BCUT2D eigenvalue weighted by Crippen LogP contribution is 2.23. The lowest BCUT2D eigenvalue weighted by Crippen LogP contribution is -1.96. The molecule has 0 aromatic carbocycles. The van der Waals surface area contributed by atoms with E-state index in [2.05, 4.69) is 31.2 Å². The van der Waals surface area contributed by atoms with Crippen molar-refractivity contribution in [2.75, 3.05) is 5.32 Å². The molecule has 15 heavy (non-hydrogen) atoms. The minimum Gasteiger partial charge on any atom is -0.314 e. The minimum absolute atomic E-state index is 0.188. The summed E-state index contributed by atoms with van der Waals surface area (Å²) in [6.07, 6.45) is 3.26. The summed E-state index contributed by atoms with van der Waals surface area (Å²) < 4.78 is 14.0. The van der Waals surface area contributed by atoms with Crippen molar-refractivity contribution in [3.63, 3.8) is 0 Å². The Morgan fingerprint density at radius 1 is 1.40 bits per heavy atom. The zero-order chi connectivity index (χ0) is 10.8. The average molecular weight is 288 g/mol. The summed E-state index contributed by atoms with van der Waals surface area (Å²) in [5.74, 6) is -0.218. The maximum Gasteiger partial charge on any atom is 0.188 e. The van der Waals surface area contributed by atoms with Crippen LogP contribution in [0.15, 0.2) is 22.9 Å². The zero-order valence-corrected chi connectivity index (χ0v) is 10.2. The first kappa shape index (κ1) is 10.5. The Bertz CT molecular complexity index is 486. The summed E-state index contributed by atoms with van der Waals surface area (Å²) in [4.78, 5) is 9.04. The van der Waals surface area contributed by atoms with E-state index in [1.54, 1.807) is 6.20 Å². The molecule has 2 aromatic rings. The Hall–Kier alpha value is -1.01. The number of halogens is 2. The predicted octanol–water partition coefficient (Wildman–Crippen LogP) is 3.49. The summed E-state index contributed by atoms with van der Waals surface area (Å²) >= 11 is 4.60. The third-order valence-electron chi connectivity index (χ3n) is 1.65. The largest absolute Gasteiger partial charge is 0.314 e. The van der Waals surface area contributed by atoms with Gasteiger partial charge in [-0.25, -0.2) is 14.4 Å².